The number of carbonyl (C=O) groups excluding carboxylic acids is 2. The molecule has 250 valence electrons. The second kappa shape index (κ2) is 13.6. The van der Waals surface area contributed by atoms with Crippen LogP contribution in [0.2, 0.25) is 0 Å². The summed E-state index contributed by atoms with van der Waals surface area (Å²) in [5, 5.41) is 14.5. The summed E-state index contributed by atoms with van der Waals surface area (Å²) in [4.78, 5) is 39.9. The monoisotopic (exact) mass is 675 g/mol. The molecule has 2 aliphatic heterocycles. The van der Waals surface area contributed by atoms with Crippen molar-refractivity contribution < 1.29 is 45.8 Å². The van der Waals surface area contributed by atoms with Crippen molar-refractivity contribution >= 4 is 39.3 Å². The van der Waals surface area contributed by atoms with E-state index in [2.05, 4.69) is 20.3 Å². The average Bonchev–Trinajstić information content (AvgIpc) is 2.97. The number of amides is 3. The Morgan fingerprint density at radius 3 is 2.09 bits per heavy atom. The van der Waals surface area contributed by atoms with Gasteiger partial charge in [0.25, 0.3) is 5.91 Å². The SMILES string of the molecule is CS(=O)(=O)N1CCN(Cc2ccc(NC(=O)c3ccc(-c4cc(NC(=O)[C@@H]5CCN5C(=O)O)ccc4OC(F)(F)F)cc3)cc2)CC1. The molecule has 12 nitrogen and oxygen atoms in total. The van der Waals surface area contributed by atoms with E-state index in [1.807, 2.05) is 12.1 Å². The zero-order valence-corrected chi connectivity index (χ0v) is 26.0. The first-order valence-corrected chi connectivity index (χ1v) is 16.4. The van der Waals surface area contributed by atoms with E-state index in [-0.39, 0.29) is 28.9 Å². The van der Waals surface area contributed by atoms with Crippen LogP contribution in [-0.4, -0.2) is 96.9 Å². The second-order valence-corrected chi connectivity index (χ2v) is 13.2. The van der Waals surface area contributed by atoms with Gasteiger partial charge in [0, 0.05) is 61.8 Å². The first kappa shape index (κ1) is 33.7. The fourth-order valence-corrected chi connectivity index (χ4v) is 6.16. The molecule has 1 atom stereocenters. The number of anilines is 2. The Morgan fingerprint density at radius 2 is 1.53 bits per heavy atom. The number of piperazine rings is 1. The van der Waals surface area contributed by atoms with Crippen LogP contribution in [0.4, 0.5) is 29.3 Å². The maximum absolute atomic E-state index is 13.2. The molecule has 3 aromatic rings. The van der Waals surface area contributed by atoms with Gasteiger partial charge in [0.1, 0.15) is 11.8 Å². The molecule has 2 aliphatic rings. The van der Waals surface area contributed by atoms with E-state index in [4.69, 9.17) is 5.11 Å². The van der Waals surface area contributed by atoms with Crippen molar-refractivity contribution in [3.63, 3.8) is 0 Å². The number of hydrogen-bond donors (Lipinski definition) is 3. The van der Waals surface area contributed by atoms with Crippen molar-refractivity contribution in [1.82, 2.24) is 14.1 Å². The third-order valence-electron chi connectivity index (χ3n) is 7.92. The summed E-state index contributed by atoms with van der Waals surface area (Å²) >= 11 is 0. The summed E-state index contributed by atoms with van der Waals surface area (Å²) in [5.41, 5.74) is 2.16. The average molecular weight is 676 g/mol. The lowest BCUT2D eigenvalue weighted by Gasteiger charge is -2.37. The summed E-state index contributed by atoms with van der Waals surface area (Å²) in [6.07, 6.45) is -4.71. The lowest BCUT2D eigenvalue weighted by Crippen LogP contribution is -2.56. The zero-order chi connectivity index (χ0) is 33.9. The summed E-state index contributed by atoms with van der Waals surface area (Å²) in [6, 6.07) is 15.6. The standard InChI is InChI=1S/C31H32F3N5O7S/c1-47(44,45)38-16-14-37(15-17-38)19-20-2-8-23(9-3-20)35-28(40)22-6-4-21(5-7-22)25-18-24(10-11-27(25)46-31(32,33)34)36-29(41)26-12-13-39(26)30(42)43/h2-11,18,26H,12-17,19H2,1H3,(H,35,40)(H,36,41)(H,42,43)/t26-/m0/s1. The number of alkyl halides is 3. The van der Waals surface area contributed by atoms with Gasteiger partial charge in [-0.3, -0.25) is 19.4 Å². The summed E-state index contributed by atoms with van der Waals surface area (Å²) in [6.45, 7) is 2.90. The lowest BCUT2D eigenvalue weighted by molar-refractivity contribution is -0.274. The van der Waals surface area contributed by atoms with E-state index in [0.29, 0.717) is 44.8 Å². The van der Waals surface area contributed by atoms with Crippen molar-refractivity contribution in [3.05, 3.63) is 77.9 Å². The normalized spacial score (nSPS) is 17.4. The zero-order valence-electron chi connectivity index (χ0n) is 25.2. The highest BCUT2D eigenvalue weighted by Crippen LogP contribution is 2.36. The number of sulfonamides is 1. The highest BCUT2D eigenvalue weighted by Gasteiger charge is 2.38. The molecule has 0 aromatic heterocycles. The van der Waals surface area contributed by atoms with Crippen molar-refractivity contribution in [3.8, 4) is 16.9 Å². The fourth-order valence-electron chi connectivity index (χ4n) is 5.34. The molecule has 3 aromatic carbocycles. The minimum atomic E-state index is -4.99. The van der Waals surface area contributed by atoms with Gasteiger partial charge in [0.05, 0.1) is 6.26 Å². The van der Waals surface area contributed by atoms with Crippen LogP contribution >= 0.6 is 0 Å². The van der Waals surface area contributed by atoms with Gasteiger partial charge in [-0.1, -0.05) is 24.3 Å². The molecular weight excluding hydrogens is 643 g/mol. The summed E-state index contributed by atoms with van der Waals surface area (Å²) in [7, 11) is -3.21. The fraction of sp³-hybridized carbons (Fsp3) is 0.323. The van der Waals surface area contributed by atoms with Gasteiger partial charge in [-0.15, -0.1) is 13.2 Å². The van der Waals surface area contributed by atoms with Gasteiger partial charge < -0.3 is 20.5 Å². The molecule has 5 rings (SSSR count). The molecule has 0 bridgehead atoms. The van der Waals surface area contributed by atoms with Crippen LogP contribution < -0.4 is 15.4 Å². The molecule has 47 heavy (non-hydrogen) atoms. The van der Waals surface area contributed by atoms with Gasteiger partial charge in [-0.05, 0) is 60.0 Å². The largest absolute Gasteiger partial charge is 0.573 e. The number of ether oxygens (including phenoxy) is 1. The summed E-state index contributed by atoms with van der Waals surface area (Å²) < 4.78 is 68.6. The predicted octanol–water partition coefficient (Wildman–Crippen LogP) is 4.27. The highest BCUT2D eigenvalue weighted by molar-refractivity contribution is 7.88. The van der Waals surface area contributed by atoms with Gasteiger partial charge in [0.15, 0.2) is 0 Å². The topological polar surface area (TPSA) is 149 Å². The van der Waals surface area contributed by atoms with Crippen molar-refractivity contribution in [2.45, 2.75) is 25.4 Å². The predicted molar refractivity (Wildman–Crippen MR) is 166 cm³/mol. The van der Waals surface area contributed by atoms with Crippen molar-refractivity contribution in [2.75, 3.05) is 49.6 Å². The molecule has 16 heteroatoms. The van der Waals surface area contributed by atoms with E-state index < -0.39 is 46.1 Å². The smallest absolute Gasteiger partial charge is 0.465 e. The molecule has 0 saturated carbocycles. The molecule has 3 amide bonds. The van der Waals surface area contributed by atoms with Crippen LogP contribution in [0.5, 0.6) is 5.75 Å². The maximum atomic E-state index is 13.2. The second-order valence-electron chi connectivity index (χ2n) is 11.2. The van der Waals surface area contributed by atoms with Crippen LogP contribution in [0.15, 0.2) is 66.7 Å². The third-order valence-corrected chi connectivity index (χ3v) is 9.22. The van der Waals surface area contributed by atoms with Crippen molar-refractivity contribution in [2.24, 2.45) is 0 Å². The number of nitrogens with zero attached hydrogens (tertiary/aromatic N) is 3. The van der Waals surface area contributed by atoms with E-state index in [9.17, 15) is 36.0 Å². The quantitative estimate of drug-likeness (QED) is 0.305. The van der Waals surface area contributed by atoms with Gasteiger partial charge in [-0.2, -0.15) is 4.31 Å². The van der Waals surface area contributed by atoms with Crippen LogP contribution in [0.25, 0.3) is 11.1 Å². The van der Waals surface area contributed by atoms with Crippen LogP contribution in [0.1, 0.15) is 22.3 Å². The Bertz CT molecular complexity index is 1740. The Kier molecular flexibility index (Phi) is 9.74. The molecule has 2 fully saturated rings. The van der Waals surface area contributed by atoms with Crippen LogP contribution in [-0.2, 0) is 21.4 Å². The molecule has 3 N–H and O–H groups in total. The van der Waals surface area contributed by atoms with E-state index in [0.717, 1.165) is 16.5 Å². The highest BCUT2D eigenvalue weighted by atomic mass is 32.2. The van der Waals surface area contributed by atoms with Crippen LogP contribution in [0.3, 0.4) is 0 Å². The Balaban J connectivity index is 1.23. The molecule has 0 spiro atoms. The number of halogens is 3. The number of likely N-dealkylation sites (tertiary alicyclic amines) is 1. The number of hydrogen-bond acceptors (Lipinski definition) is 7. The number of rotatable bonds is 9. The van der Waals surface area contributed by atoms with Gasteiger partial charge >= 0.3 is 12.5 Å². The Morgan fingerprint density at radius 1 is 0.894 bits per heavy atom. The van der Waals surface area contributed by atoms with Gasteiger partial charge in [0.2, 0.25) is 15.9 Å². The number of benzene rings is 3. The van der Waals surface area contributed by atoms with Gasteiger partial charge in [-0.25, -0.2) is 13.2 Å². The minimum absolute atomic E-state index is 0.0101. The first-order valence-electron chi connectivity index (χ1n) is 14.5. The number of nitrogens with one attached hydrogen (secondary N) is 2. The number of carbonyl (C=O) groups is 3. The van der Waals surface area contributed by atoms with E-state index >= 15 is 0 Å². The molecule has 0 aliphatic carbocycles. The molecule has 2 heterocycles. The summed E-state index contributed by atoms with van der Waals surface area (Å²) in [5.74, 6) is -1.58. The first-order chi connectivity index (χ1) is 22.2. The molecular formula is C31H32F3N5O7S. The number of carboxylic acid groups (broad SMARTS) is 1. The van der Waals surface area contributed by atoms with Crippen LogP contribution in [0, 0.1) is 0 Å². The maximum Gasteiger partial charge on any atom is 0.573 e. The van der Waals surface area contributed by atoms with Crippen molar-refractivity contribution in [1.29, 1.82) is 0 Å². The van der Waals surface area contributed by atoms with E-state index in [1.165, 1.54) is 47.0 Å². The Labute approximate surface area is 268 Å². The third kappa shape index (κ3) is 8.58. The molecule has 0 radical (unpaired) electrons. The molecule has 2 saturated heterocycles. The minimum Gasteiger partial charge on any atom is -0.465 e. The van der Waals surface area contributed by atoms with E-state index in [1.54, 1.807) is 12.1 Å². The Hall–Kier alpha value is -4.67. The molecule has 0 unspecified atom stereocenters. The lowest BCUT2D eigenvalue weighted by atomic mass is 10.0.